The van der Waals surface area contributed by atoms with Crippen LogP contribution in [0, 0.1) is 0 Å². The van der Waals surface area contributed by atoms with Gasteiger partial charge >= 0.3 is 0 Å². The van der Waals surface area contributed by atoms with Crippen LogP contribution < -0.4 is 9.64 Å². The van der Waals surface area contributed by atoms with Crippen LogP contribution >= 0.6 is 0 Å². The summed E-state index contributed by atoms with van der Waals surface area (Å²) < 4.78 is 5.23. The van der Waals surface area contributed by atoms with Crippen LogP contribution in [-0.2, 0) is 6.42 Å². The van der Waals surface area contributed by atoms with Crippen LogP contribution in [0.1, 0.15) is 36.2 Å². The molecule has 1 saturated heterocycles. The molecule has 1 aliphatic rings. The molecule has 0 saturated carbocycles. The number of carbonyl (C=O) groups is 1. The lowest BCUT2D eigenvalue weighted by Gasteiger charge is -2.39. The molecular weight excluding hydrogens is 336 g/mol. The van der Waals surface area contributed by atoms with E-state index in [0.717, 1.165) is 43.9 Å². The lowest BCUT2D eigenvalue weighted by molar-refractivity contribution is 0.101. The maximum atomic E-state index is 11.4. The van der Waals surface area contributed by atoms with Gasteiger partial charge in [-0.25, -0.2) is 0 Å². The number of benzene rings is 2. The molecule has 4 heteroatoms. The summed E-state index contributed by atoms with van der Waals surface area (Å²) in [4.78, 5) is 16.4. The van der Waals surface area contributed by atoms with E-state index < -0.39 is 0 Å². The Morgan fingerprint density at radius 1 is 1.00 bits per heavy atom. The number of hydrogen-bond acceptors (Lipinski definition) is 4. The molecule has 144 valence electrons. The first kappa shape index (κ1) is 19.4. The second kappa shape index (κ2) is 9.05. The Bertz CT molecular complexity index is 732. The Morgan fingerprint density at radius 3 is 2.19 bits per heavy atom. The van der Waals surface area contributed by atoms with Gasteiger partial charge in [0.15, 0.2) is 5.78 Å². The summed E-state index contributed by atoms with van der Waals surface area (Å²) >= 11 is 0. The average molecular weight is 367 g/mol. The fourth-order valence-corrected chi connectivity index (χ4v) is 3.68. The van der Waals surface area contributed by atoms with Crippen molar-refractivity contribution in [3.8, 4) is 5.75 Å². The molecule has 0 aliphatic carbocycles. The minimum Gasteiger partial charge on any atom is -0.497 e. The SMILES string of the molecule is COc1ccc(CCC(C)N2CCN(c3ccc(C(C)=O)cc3)CC2)cc1. The second-order valence-electron chi connectivity index (χ2n) is 7.36. The van der Waals surface area contributed by atoms with Gasteiger partial charge in [-0.05, 0) is 68.7 Å². The first-order valence-electron chi connectivity index (χ1n) is 9.80. The molecule has 1 heterocycles. The molecule has 3 rings (SSSR count). The average Bonchev–Trinajstić information content (AvgIpc) is 2.72. The summed E-state index contributed by atoms with van der Waals surface area (Å²) in [5.74, 6) is 1.04. The van der Waals surface area contributed by atoms with E-state index in [1.165, 1.54) is 17.7 Å². The molecule has 4 nitrogen and oxygen atoms in total. The number of nitrogens with zero attached hydrogens (tertiary/aromatic N) is 2. The monoisotopic (exact) mass is 366 g/mol. The number of anilines is 1. The van der Waals surface area contributed by atoms with E-state index >= 15 is 0 Å². The minimum atomic E-state index is 0.122. The van der Waals surface area contributed by atoms with Gasteiger partial charge in [0.1, 0.15) is 5.75 Å². The Kier molecular flexibility index (Phi) is 6.51. The van der Waals surface area contributed by atoms with Gasteiger partial charge in [-0.1, -0.05) is 12.1 Å². The smallest absolute Gasteiger partial charge is 0.159 e. The highest BCUT2D eigenvalue weighted by molar-refractivity contribution is 5.94. The third-order valence-corrected chi connectivity index (χ3v) is 5.59. The Hall–Kier alpha value is -2.33. The van der Waals surface area contributed by atoms with Crippen molar-refractivity contribution in [3.63, 3.8) is 0 Å². The minimum absolute atomic E-state index is 0.122. The molecule has 1 atom stereocenters. The highest BCUT2D eigenvalue weighted by atomic mass is 16.5. The third kappa shape index (κ3) is 5.10. The van der Waals surface area contributed by atoms with Crippen LogP contribution in [0.3, 0.4) is 0 Å². The van der Waals surface area contributed by atoms with Crippen LogP contribution in [-0.4, -0.2) is 50.0 Å². The van der Waals surface area contributed by atoms with Gasteiger partial charge in [-0.15, -0.1) is 0 Å². The van der Waals surface area contributed by atoms with Gasteiger partial charge in [0.05, 0.1) is 7.11 Å². The summed E-state index contributed by atoms with van der Waals surface area (Å²) in [6.07, 6.45) is 2.26. The summed E-state index contributed by atoms with van der Waals surface area (Å²) in [7, 11) is 1.70. The molecule has 0 bridgehead atoms. The van der Waals surface area contributed by atoms with Crippen molar-refractivity contribution in [2.45, 2.75) is 32.7 Å². The van der Waals surface area contributed by atoms with Crippen molar-refractivity contribution < 1.29 is 9.53 Å². The molecule has 2 aromatic carbocycles. The van der Waals surface area contributed by atoms with Crippen LogP contribution in [0.2, 0.25) is 0 Å². The molecule has 0 N–H and O–H groups in total. The number of piperazine rings is 1. The van der Waals surface area contributed by atoms with E-state index in [2.05, 4.69) is 41.0 Å². The fraction of sp³-hybridized carbons (Fsp3) is 0.435. The van der Waals surface area contributed by atoms with E-state index in [9.17, 15) is 4.79 Å². The van der Waals surface area contributed by atoms with E-state index in [0.29, 0.717) is 6.04 Å². The van der Waals surface area contributed by atoms with Crippen molar-refractivity contribution in [1.82, 2.24) is 4.90 Å². The zero-order valence-corrected chi connectivity index (χ0v) is 16.6. The number of carbonyl (C=O) groups excluding carboxylic acids is 1. The summed E-state index contributed by atoms with van der Waals surface area (Å²) in [5.41, 5.74) is 3.36. The molecule has 0 radical (unpaired) electrons. The van der Waals surface area contributed by atoms with E-state index in [1.54, 1.807) is 14.0 Å². The Morgan fingerprint density at radius 2 is 1.63 bits per heavy atom. The van der Waals surface area contributed by atoms with Crippen LogP contribution in [0.25, 0.3) is 0 Å². The molecule has 27 heavy (non-hydrogen) atoms. The molecule has 1 aliphatic heterocycles. The predicted octanol–water partition coefficient (Wildman–Crippen LogP) is 4.04. The van der Waals surface area contributed by atoms with Gasteiger partial charge in [0, 0.05) is 43.5 Å². The topological polar surface area (TPSA) is 32.8 Å². The lowest BCUT2D eigenvalue weighted by atomic mass is 10.0. The standard InChI is InChI=1S/C23H30N2O2/c1-18(4-5-20-6-12-23(27-3)13-7-20)24-14-16-25(17-15-24)22-10-8-21(9-11-22)19(2)26/h6-13,18H,4-5,14-17H2,1-3H3. The highest BCUT2D eigenvalue weighted by Gasteiger charge is 2.21. The first-order valence-corrected chi connectivity index (χ1v) is 9.80. The first-order chi connectivity index (χ1) is 13.1. The number of hydrogen-bond donors (Lipinski definition) is 0. The van der Waals surface area contributed by atoms with Gasteiger partial charge in [0.2, 0.25) is 0 Å². The maximum Gasteiger partial charge on any atom is 0.159 e. The number of ketones is 1. The molecule has 1 unspecified atom stereocenters. The van der Waals surface area contributed by atoms with E-state index in [4.69, 9.17) is 4.74 Å². The van der Waals surface area contributed by atoms with Crippen LogP contribution in [0.5, 0.6) is 5.75 Å². The van der Waals surface area contributed by atoms with Gasteiger partial charge in [-0.2, -0.15) is 0 Å². The molecule has 0 spiro atoms. The number of rotatable bonds is 7. The summed E-state index contributed by atoms with van der Waals surface area (Å²) in [6.45, 7) is 8.18. The lowest BCUT2D eigenvalue weighted by Crippen LogP contribution is -2.49. The van der Waals surface area contributed by atoms with Crippen LogP contribution in [0.15, 0.2) is 48.5 Å². The predicted molar refractivity (Wildman–Crippen MR) is 111 cm³/mol. The summed E-state index contributed by atoms with van der Waals surface area (Å²) in [5, 5.41) is 0. The number of ether oxygens (including phenoxy) is 1. The molecule has 2 aromatic rings. The molecule has 0 aromatic heterocycles. The number of methoxy groups -OCH3 is 1. The van der Waals surface area contributed by atoms with Crippen molar-refractivity contribution in [2.24, 2.45) is 0 Å². The third-order valence-electron chi connectivity index (χ3n) is 5.59. The summed E-state index contributed by atoms with van der Waals surface area (Å²) in [6, 6.07) is 17.0. The second-order valence-corrected chi connectivity index (χ2v) is 7.36. The molecule has 0 amide bonds. The van der Waals surface area contributed by atoms with E-state index in [-0.39, 0.29) is 5.78 Å². The fourth-order valence-electron chi connectivity index (χ4n) is 3.68. The highest BCUT2D eigenvalue weighted by Crippen LogP contribution is 2.20. The zero-order chi connectivity index (χ0) is 19.2. The maximum absolute atomic E-state index is 11.4. The Balaban J connectivity index is 1.47. The van der Waals surface area contributed by atoms with Crippen LogP contribution in [0.4, 0.5) is 5.69 Å². The Labute approximate surface area is 162 Å². The molecule has 1 fully saturated rings. The normalized spacial score (nSPS) is 16.2. The largest absolute Gasteiger partial charge is 0.497 e. The number of Topliss-reactive ketones (excluding diaryl/α,β-unsaturated/α-hetero) is 1. The molecular formula is C23H30N2O2. The van der Waals surface area contributed by atoms with Gasteiger partial charge < -0.3 is 9.64 Å². The van der Waals surface area contributed by atoms with Gasteiger partial charge in [-0.3, -0.25) is 9.69 Å². The zero-order valence-electron chi connectivity index (χ0n) is 16.6. The van der Waals surface area contributed by atoms with Crippen molar-refractivity contribution in [1.29, 1.82) is 0 Å². The van der Waals surface area contributed by atoms with Crippen molar-refractivity contribution in [2.75, 3.05) is 38.2 Å². The van der Waals surface area contributed by atoms with E-state index in [1.807, 2.05) is 24.3 Å². The van der Waals surface area contributed by atoms with Gasteiger partial charge in [0.25, 0.3) is 0 Å². The van der Waals surface area contributed by atoms with Crippen molar-refractivity contribution in [3.05, 3.63) is 59.7 Å². The number of aryl methyl sites for hydroxylation is 1. The van der Waals surface area contributed by atoms with Crippen molar-refractivity contribution >= 4 is 11.5 Å². The quantitative estimate of drug-likeness (QED) is 0.693.